The Labute approximate surface area is 361 Å². The highest BCUT2D eigenvalue weighted by atomic mass is 31.2. The Balaban J connectivity index is 2.33. The van der Waals surface area contributed by atoms with E-state index in [1.165, 1.54) is 83.5 Å². The smallest absolute Gasteiger partial charge is 0.462 e. The van der Waals surface area contributed by atoms with E-state index in [9.17, 15) is 28.7 Å². The summed E-state index contributed by atoms with van der Waals surface area (Å²) in [6.45, 7) is 1.72. The van der Waals surface area contributed by atoms with Crippen LogP contribution in [0.4, 0.5) is 0 Å². The standard InChI is InChI=1S/C44H82O14P2/c1-3-5-7-8-9-10-11-12-13-14-15-16-17-18-23-26-30-34-44(47)57-40(38-56-60(51,52)55-36-39(45)35-54-59(48,49)50)37-53-43(46)33-29-25-22-20-19-21-24-28-32-42-41(58-42)31-27-6-4-2/h12-13,24,28,39-42,45H,3-11,14-23,25-27,29-38H2,1-2H3,(H,51,52)(H2,48,49,50)/b13-12-,28-24-/t39-,40+,41?,42?/m0/s1. The van der Waals surface area contributed by atoms with Crippen LogP contribution in [-0.4, -0.2) is 82.6 Å². The highest BCUT2D eigenvalue weighted by Gasteiger charge is 2.36. The van der Waals surface area contributed by atoms with E-state index in [2.05, 4.69) is 42.7 Å². The number of aliphatic hydroxyl groups is 1. The lowest BCUT2D eigenvalue weighted by Crippen LogP contribution is -2.30. The number of unbranched alkanes of at least 4 members (excludes halogenated alkanes) is 20. The van der Waals surface area contributed by atoms with E-state index in [1.807, 2.05) is 0 Å². The zero-order chi connectivity index (χ0) is 44.2. The molecule has 0 aromatic carbocycles. The highest BCUT2D eigenvalue weighted by Crippen LogP contribution is 2.44. The van der Waals surface area contributed by atoms with Crippen molar-refractivity contribution in [2.45, 2.75) is 218 Å². The van der Waals surface area contributed by atoms with Crippen LogP contribution < -0.4 is 0 Å². The molecule has 14 nitrogen and oxygen atoms in total. The molecule has 4 N–H and O–H groups in total. The van der Waals surface area contributed by atoms with E-state index in [1.54, 1.807) is 0 Å². The first-order valence-electron chi connectivity index (χ1n) is 23.2. The average molecular weight is 897 g/mol. The molecule has 0 saturated carbocycles. The lowest BCUT2D eigenvalue weighted by atomic mass is 10.1. The Morgan fingerprint density at radius 2 is 1.03 bits per heavy atom. The summed E-state index contributed by atoms with van der Waals surface area (Å²) in [4.78, 5) is 52.8. The van der Waals surface area contributed by atoms with Crippen LogP contribution in [0, 0.1) is 0 Å². The van der Waals surface area contributed by atoms with Gasteiger partial charge in [-0.1, -0.05) is 141 Å². The summed E-state index contributed by atoms with van der Waals surface area (Å²) in [7, 11) is -9.68. The largest absolute Gasteiger partial charge is 0.472 e. The maximum absolute atomic E-state index is 12.7. The van der Waals surface area contributed by atoms with E-state index < -0.39 is 66.2 Å². The molecule has 1 saturated heterocycles. The molecule has 16 heteroatoms. The van der Waals surface area contributed by atoms with Gasteiger partial charge in [0.15, 0.2) is 6.10 Å². The second kappa shape index (κ2) is 37.0. The third kappa shape index (κ3) is 37.1. The number of phosphoric ester groups is 2. The zero-order valence-electron chi connectivity index (χ0n) is 37.0. The van der Waals surface area contributed by atoms with Crippen LogP contribution in [0.3, 0.4) is 0 Å². The van der Waals surface area contributed by atoms with Gasteiger partial charge in [-0.05, 0) is 64.2 Å². The first kappa shape index (κ1) is 56.6. The zero-order valence-corrected chi connectivity index (χ0v) is 38.8. The first-order chi connectivity index (χ1) is 28.8. The van der Waals surface area contributed by atoms with E-state index in [-0.39, 0.29) is 12.8 Å². The molecule has 1 aliphatic rings. The minimum absolute atomic E-state index is 0.122. The summed E-state index contributed by atoms with van der Waals surface area (Å²) < 4.78 is 53.6. The maximum Gasteiger partial charge on any atom is 0.472 e. The van der Waals surface area contributed by atoms with Crippen molar-refractivity contribution in [1.29, 1.82) is 0 Å². The van der Waals surface area contributed by atoms with Gasteiger partial charge in [-0.15, -0.1) is 0 Å². The number of phosphoric acid groups is 2. The summed E-state index contributed by atoms with van der Waals surface area (Å²) >= 11 is 0. The molecular weight excluding hydrogens is 814 g/mol. The summed E-state index contributed by atoms with van der Waals surface area (Å²) in [6, 6.07) is 0. The fourth-order valence-corrected chi connectivity index (χ4v) is 7.74. The van der Waals surface area contributed by atoms with Crippen molar-refractivity contribution in [3.05, 3.63) is 24.3 Å². The maximum atomic E-state index is 12.7. The fraction of sp³-hybridized carbons (Fsp3) is 0.864. The van der Waals surface area contributed by atoms with Crippen LogP contribution in [-0.2, 0) is 46.5 Å². The van der Waals surface area contributed by atoms with Crippen molar-refractivity contribution < 1.29 is 66.3 Å². The number of ether oxygens (including phenoxy) is 3. The number of allylic oxidation sites excluding steroid dienone is 3. The number of aliphatic hydroxyl groups excluding tert-OH is 1. The second-order valence-corrected chi connectivity index (χ2v) is 18.8. The van der Waals surface area contributed by atoms with Crippen molar-refractivity contribution >= 4 is 27.6 Å². The molecule has 5 atom stereocenters. The lowest BCUT2D eigenvalue weighted by molar-refractivity contribution is -0.161. The van der Waals surface area contributed by atoms with Crippen LogP contribution in [0.5, 0.6) is 0 Å². The molecule has 1 rings (SSSR count). The van der Waals surface area contributed by atoms with Crippen molar-refractivity contribution in [3.8, 4) is 0 Å². The van der Waals surface area contributed by atoms with Crippen molar-refractivity contribution in [3.63, 3.8) is 0 Å². The summed E-state index contributed by atoms with van der Waals surface area (Å²) in [5.74, 6) is -1.05. The van der Waals surface area contributed by atoms with Gasteiger partial charge in [0.05, 0.1) is 32.0 Å². The number of epoxide rings is 1. The van der Waals surface area contributed by atoms with Gasteiger partial charge in [0.2, 0.25) is 0 Å². The van der Waals surface area contributed by atoms with E-state index in [0.29, 0.717) is 25.0 Å². The van der Waals surface area contributed by atoms with Gasteiger partial charge < -0.3 is 34.0 Å². The Morgan fingerprint density at radius 1 is 0.567 bits per heavy atom. The van der Waals surface area contributed by atoms with Gasteiger partial charge in [0.1, 0.15) is 12.7 Å². The Morgan fingerprint density at radius 3 is 1.60 bits per heavy atom. The number of carbonyl (C=O) groups excluding carboxylic acids is 2. The molecule has 1 heterocycles. The molecule has 352 valence electrons. The van der Waals surface area contributed by atoms with Crippen LogP contribution >= 0.6 is 15.6 Å². The number of carbonyl (C=O) groups is 2. The molecule has 0 radical (unpaired) electrons. The second-order valence-electron chi connectivity index (χ2n) is 16.1. The monoisotopic (exact) mass is 897 g/mol. The number of hydrogen-bond donors (Lipinski definition) is 4. The molecule has 1 fully saturated rings. The first-order valence-corrected chi connectivity index (χ1v) is 26.2. The molecule has 3 unspecified atom stereocenters. The molecule has 0 bridgehead atoms. The van der Waals surface area contributed by atoms with Gasteiger partial charge >= 0.3 is 27.6 Å². The predicted octanol–water partition coefficient (Wildman–Crippen LogP) is 10.9. The van der Waals surface area contributed by atoms with Gasteiger partial charge in [0.25, 0.3) is 0 Å². The Bertz CT molecular complexity index is 1230. The highest BCUT2D eigenvalue weighted by molar-refractivity contribution is 7.47. The fourth-order valence-electron chi connectivity index (χ4n) is 6.58. The molecule has 0 spiro atoms. The molecule has 0 aromatic rings. The molecular formula is C44H82O14P2. The topological polar surface area (TPSA) is 208 Å². The normalized spacial score (nSPS) is 17.6. The number of esters is 2. The third-order valence-electron chi connectivity index (χ3n) is 10.2. The Hall–Kier alpha value is -1.44. The lowest BCUT2D eigenvalue weighted by Gasteiger charge is -2.20. The molecule has 60 heavy (non-hydrogen) atoms. The van der Waals surface area contributed by atoms with Gasteiger partial charge in [-0.2, -0.15) is 0 Å². The SMILES string of the molecule is CCCCCCCC/C=C\CCCCCCCCCC(=O)O[C@H](COC(=O)CCCCCCC/C=C\CC1OC1CCCCC)COP(=O)(O)OC[C@@H](O)COP(=O)(O)O. The molecule has 0 amide bonds. The minimum atomic E-state index is -4.87. The summed E-state index contributed by atoms with van der Waals surface area (Å²) in [6.07, 6.45) is 36.2. The summed E-state index contributed by atoms with van der Waals surface area (Å²) in [5, 5.41) is 9.76. The average Bonchev–Trinajstić information content (AvgIpc) is 3.96. The number of rotatable bonds is 43. The van der Waals surface area contributed by atoms with Crippen LogP contribution in [0.1, 0.15) is 194 Å². The van der Waals surface area contributed by atoms with Crippen molar-refractivity contribution in [1.82, 2.24) is 0 Å². The molecule has 1 aliphatic heterocycles. The Kier molecular flexibility index (Phi) is 34.9. The molecule has 0 aliphatic carbocycles. The van der Waals surface area contributed by atoms with Crippen LogP contribution in [0.25, 0.3) is 0 Å². The quantitative estimate of drug-likeness (QED) is 0.0148. The number of hydrogen-bond acceptors (Lipinski definition) is 11. The molecule has 0 aromatic heterocycles. The van der Waals surface area contributed by atoms with Gasteiger partial charge in [0, 0.05) is 12.8 Å². The predicted molar refractivity (Wildman–Crippen MR) is 234 cm³/mol. The van der Waals surface area contributed by atoms with E-state index in [4.69, 9.17) is 33.0 Å². The van der Waals surface area contributed by atoms with E-state index in [0.717, 1.165) is 70.6 Å². The van der Waals surface area contributed by atoms with Crippen LogP contribution in [0.2, 0.25) is 0 Å². The minimum Gasteiger partial charge on any atom is -0.462 e. The van der Waals surface area contributed by atoms with Crippen molar-refractivity contribution in [2.75, 3.05) is 26.4 Å². The van der Waals surface area contributed by atoms with E-state index >= 15 is 0 Å². The van der Waals surface area contributed by atoms with Crippen LogP contribution in [0.15, 0.2) is 24.3 Å². The summed E-state index contributed by atoms with van der Waals surface area (Å²) in [5.41, 5.74) is 0. The van der Waals surface area contributed by atoms with Crippen molar-refractivity contribution in [2.24, 2.45) is 0 Å². The van der Waals surface area contributed by atoms with Gasteiger partial charge in [-0.25, -0.2) is 9.13 Å². The van der Waals surface area contributed by atoms with Gasteiger partial charge in [-0.3, -0.25) is 23.2 Å². The third-order valence-corrected chi connectivity index (χ3v) is 11.7.